The van der Waals surface area contributed by atoms with E-state index in [0.29, 0.717) is 48.4 Å². The first-order valence-corrected chi connectivity index (χ1v) is 18.1. The van der Waals surface area contributed by atoms with Crippen LogP contribution in [0.5, 0.6) is 11.5 Å². The number of allylic oxidation sites excluding steroid dienone is 8. The Kier molecular flexibility index (Phi) is 38.6. The molecule has 60 heavy (non-hydrogen) atoms. The standard InChI is InChI=1S/C24H28N4O2.4C5H8O2.2Dy/c1-17-9-19-13-25-5-3-7-27-15-21-11-18(2)12-22(24(21)30)16-28-8-4-6-26-14-20(10-17)23(19)29;4*1-4(6)3-5(2)7;;/h9-16,29-30H,3-8H2,1-2H3;4*3,6H,1-2H3;;/q;;;;;2*+3/p-6/b;4*4-3-;;. The van der Waals surface area contributed by atoms with E-state index >= 15 is 0 Å². The Morgan fingerprint density at radius 1 is 0.433 bits per heavy atom. The number of carbonyl (C=O) groups excluding carboxylic acids is 4. The molecule has 0 aromatic heterocycles. The first-order valence-electron chi connectivity index (χ1n) is 18.1. The number of hydrogen-bond acceptors (Lipinski definition) is 14. The molecule has 0 saturated heterocycles. The average molecular weight is 1120 g/mol. The summed E-state index contributed by atoms with van der Waals surface area (Å²) in [6.45, 7) is 16.9. The third-order valence-corrected chi connectivity index (χ3v) is 6.28. The normalized spacial score (nSPS) is 13.0. The summed E-state index contributed by atoms with van der Waals surface area (Å²) in [5.41, 5.74) is 4.28. The predicted octanol–water partition coefficient (Wildman–Crippen LogP) is 1.98. The zero-order valence-electron chi connectivity index (χ0n) is 35.7. The molecular weight excluding hydrogens is 1070 g/mol. The number of rotatable bonds is 4. The van der Waals surface area contributed by atoms with Crippen LogP contribution in [-0.4, -0.2) is 74.2 Å². The maximum absolute atomic E-state index is 12.6. The Balaban J connectivity index is -0.000000425. The van der Waals surface area contributed by atoms with Crippen LogP contribution in [0, 0.1) is 90.2 Å². The molecule has 1 aliphatic heterocycles. The molecule has 1 aliphatic rings. The SMILES string of the molecule is CC(=O)/C=C(/C)[O-].CC(=O)/C=C(/C)[O-].CC(=O)/C=C(/C)[O-].CC(=O)/C=C(/C)[O-].Cc1cc2c([O-])c(c1)C=NCCCN=Cc1cc(C)cc(c1[O-])C=NCCCN=C2.[Dy+3].[Dy+3]. The molecule has 0 amide bonds. The molecule has 14 nitrogen and oxygen atoms in total. The summed E-state index contributed by atoms with van der Waals surface area (Å²) >= 11 is 0. The van der Waals surface area contributed by atoms with Gasteiger partial charge in [0.05, 0.1) is 0 Å². The number of ketones is 4. The van der Waals surface area contributed by atoms with Crippen molar-refractivity contribution in [3.63, 3.8) is 0 Å². The second-order valence-corrected chi connectivity index (χ2v) is 12.9. The number of nitrogens with zero attached hydrogens (tertiary/aromatic N) is 4. The molecule has 2 aromatic carbocycles. The van der Waals surface area contributed by atoms with Crippen LogP contribution in [0.15, 0.2) is 91.6 Å². The van der Waals surface area contributed by atoms with Crippen LogP contribution >= 0.6 is 0 Å². The molecular formula is C44H54Dy2N4O10. The van der Waals surface area contributed by atoms with Crippen LogP contribution in [-0.2, 0) is 19.2 Å². The van der Waals surface area contributed by atoms with Gasteiger partial charge in [-0.05, 0) is 112 Å². The third kappa shape index (κ3) is 37.1. The summed E-state index contributed by atoms with van der Waals surface area (Å²) in [5, 5.41) is 65.1. The number of aliphatic imine (C=N–C) groups is 4. The van der Waals surface area contributed by atoms with Gasteiger partial charge in [-0.15, -0.1) is 23.0 Å². The Labute approximate surface area is 414 Å². The molecule has 330 valence electrons. The molecule has 0 unspecified atom stereocenters. The maximum Gasteiger partial charge on any atom is 3.00 e. The summed E-state index contributed by atoms with van der Waals surface area (Å²) < 4.78 is 0. The molecule has 2 radical (unpaired) electrons. The maximum atomic E-state index is 12.6. The quantitative estimate of drug-likeness (QED) is 0.318. The van der Waals surface area contributed by atoms with E-state index in [1.54, 1.807) is 24.9 Å². The van der Waals surface area contributed by atoms with Crippen LogP contribution in [0.25, 0.3) is 0 Å². The van der Waals surface area contributed by atoms with Crippen molar-refractivity contribution in [2.75, 3.05) is 26.2 Å². The minimum Gasteiger partial charge on any atom is -0.876 e. The van der Waals surface area contributed by atoms with Gasteiger partial charge >= 0.3 is 76.3 Å². The summed E-state index contributed by atoms with van der Waals surface area (Å²) in [5.74, 6) is -1.62. The molecule has 0 fully saturated rings. The van der Waals surface area contributed by atoms with E-state index in [1.807, 2.05) is 38.1 Å². The van der Waals surface area contributed by atoms with Gasteiger partial charge in [-0.2, -0.15) is 0 Å². The molecule has 0 spiro atoms. The Bertz CT molecular complexity index is 1650. The molecule has 0 N–H and O–H groups in total. The molecule has 3 rings (SSSR count). The summed E-state index contributed by atoms with van der Waals surface area (Å²) in [4.78, 5) is 57.4. The topological polar surface area (TPSA) is 256 Å². The fourth-order valence-electron chi connectivity index (χ4n) is 4.35. The van der Waals surface area contributed by atoms with Gasteiger partial charge in [0.25, 0.3) is 0 Å². The van der Waals surface area contributed by atoms with Crippen molar-refractivity contribution in [2.24, 2.45) is 20.0 Å². The first kappa shape index (κ1) is 62.8. The van der Waals surface area contributed by atoms with E-state index in [0.717, 1.165) is 48.3 Å². The predicted molar refractivity (Wildman–Crippen MR) is 218 cm³/mol. The van der Waals surface area contributed by atoms with E-state index in [2.05, 4.69) is 20.0 Å². The molecule has 0 atom stereocenters. The van der Waals surface area contributed by atoms with Gasteiger partial charge in [0.15, 0.2) is 23.1 Å². The minimum atomic E-state index is -0.187. The number of aryl methyl sites for hydroxylation is 2. The third-order valence-electron chi connectivity index (χ3n) is 6.28. The van der Waals surface area contributed by atoms with Crippen LogP contribution in [0.4, 0.5) is 0 Å². The van der Waals surface area contributed by atoms with E-state index in [1.165, 1.54) is 55.4 Å². The summed E-state index contributed by atoms with van der Waals surface area (Å²) in [6.07, 6.45) is 12.2. The average Bonchev–Trinajstić information content (AvgIpc) is 3.05. The first-order chi connectivity index (χ1) is 27.0. The van der Waals surface area contributed by atoms with Crippen molar-refractivity contribution in [3.05, 3.63) is 105 Å². The zero-order valence-corrected chi connectivity index (χ0v) is 39.7. The van der Waals surface area contributed by atoms with Gasteiger partial charge in [0, 0.05) is 51.0 Å². The number of fused-ring (bicyclic) bond motifs is 4. The van der Waals surface area contributed by atoms with Gasteiger partial charge in [-0.3, -0.25) is 39.1 Å². The van der Waals surface area contributed by atoms with Gasteiger partial charge in [0.1, 0.15) is 0 Å². The zero-order chi connectivity index (χ0) is 44.8. The summed E-state index contributed by atoms with van der Waals surface area (Å²) in [7, 11) is 0. The Morgan fingerprint density at radius 2 is 0.617 bits per heavy atom. The smallest absolute Gasteiger partial charge is 0.876 e. The van der Waals surface area contributed by atoms with Gasteiger partial charge in [-0.1, -0.05) is 63.5 Å². The second kappa shape index (κ2) is 36.9. The van der Waals surface area contributed by atoms with E-state index in [9.17, 15) is 49.8 Å². The number of hydrogen-bond donors (Lipinski definition) is 0. The van der Waals surface area contributed by atoms with Crippen molar-refractivity contribution in [3.8, 4) is 11.5 Å². The molecule has 1 heterocycles. The summed E-state index contributed by atoms with van der Waals surface area (Å²) in [6, 6.07) is 7.36. The van der Waals surface area contributed by atoms with Crippen molar-refractivity contribution < 1.29 is 126 Å². The van der Waals surface area contributed by atoms with Gasteiger partial charge in [-0.25, -0.2) is 0 Å². The van der Waals surface area contributed by atoms with Crippen LogP contribution in [0.1, 0.15) is 102 Å². The van der Waals surface area contributed by atoms with Crippen molar-refractivity contribution in [2.45, 2.75) is 82.1 Å². The molecule has 16 heteroatoms. The van der Waals surface area contributed by atoms with E-state index < -0.39 is 0 Å². The monoisotopic (exact) mass is 1130 g/mol. The Morgan fingerprint density at radius 3 is 0.750 bits per heavy atom. The van der Waals surface area contributed by atoms with Crippen molar-refractivity contribution in [1.29, 1.82) is 0 Å². The molecule has 2 aromatic rings. The largest absolute Gasteiger partial charge is 3.00 e. The van der Waals surface area contributed by atoms with Gasteiger partial charge in [0.2, 0.25) is 0 Å². The fraction of sp³-hybridized carbons (Fsp3) is 0.364. The van der Waals surface area contributed by atoms with Crippen molar-refractivity contribution >= 4 is 48.0 Å². The van der Waals surface area contributed by atoms with Crippen LogP contribution < -0.4 is 30.6 Å². The van der Waals surface area contributed by atoms with Crippen LogP contribution in [0.2, 0.25) is 0 Å². The van der Waals surface area contributed by atoms with Crippen molar-refractivity contribution in [1.82, 2.24) is 0 Å². The van der Waals surface area contributed by atoms with Gasteiger partial charge < -0.3 is 30.6 Å². The van der Waals surface area contributed by atoms with E-state index in [4.69, 9.17) is 0 Å². The molecule has 0 saturated carbocycles. The fourth-order valence-corrected chi connectivity index (χ4v) is 4.35. The van der Waals surface area contributed by atoms with Crippen LogP contribution in [0.3, 0.4) is 0 Å². The minimum absolute atomic E-state index is 0. The second-order valence-electron chi connectivity index (χ2n) is 12.9. The van der Waals surface area contributed by atoms with E-state index in [-0.39, 0.29) is 134 Å². The number of carbonyl (C=O) groups is 4. The number of benzene rings is 2. The molecule has 0 aliphatic carbocycles. The molecule has 4 bridgehead atoms. The Hall–Kier alpha value is -3.89.